The van der Waals surface area contributed by atoms with Gasteiger partial charge in [0.05, 0.1) is 12.7 Å². The average molecular weight is 471 g/mol. The fourth-order valence-electron chi connectivity index (χ4n) is 2.88. The summed E-state index contributed by atoms with van der Waals surface area (Å²) in [5.74, 6) is 0.556. The molecular weight excluding hydrogens is 445 g/mol. The van der Waals surface area contributed by atoms with Crippen molar-refractivity contribution in [2.45, 2.75) is 20.0 Å². The third-order valence-electron chi connectivity index (χ3n) is 4.73. The normalized spacial score (nSPS) is 11.8. The van der Waals surface area contributed by atoms with Gasteiger partial charge in [-0.25, -0.2) is 0 Å². The molecule has 2 aromatic rings. The number of nitrogens with zero attached hydrogens (tertiary/aromatic N) is 1. The van der Waals surface area contributed by atoms with Crippen LogP contribution in [0, 0.1) is 0 Å². The Morgan fingerprint density at radius 1 is 1.12 bits per heavy atom. The minimum atomic E-state index is -4.48. The third-order valence-corrected chi connectivity index (χ3v) is 5.06. The molecule has 2 aromatic carbocycles. The highest BCUT2D eigenvalue weighted by Crippen LogP contribution is 2.33. The number of methoxy groups -OCH3 is 1. The maximum Gasteiger partial charge on any atom is 0.416 e. The second-order valence-corrected chi connectivity index (χ2v) is 7.20. The molecule has 0 aliphatic carbocycles. The summed E-state index contributed by atoms with van der Waals surface area (Å²) in [4.78, 5) is 14.5. The molecule has 0 aliphatic heterocycles. The molecule has 0 radical (unpaired) electrons. The van der Waals surface area contributed by atoms with Gasteiger partial charge >= 0.3 is 6.18 Å². The summed E-state index contributed by atoms with van der Waals surface area (Å²) in [6, 6.07) is 7.95. The Morgan fingerprint density at radius 2 is 1.84 bits per heavy atom. The first-order valence-electron chi connectivity index (χ1n) is 10.1. The van der Waals surface area contributed by atoms with Crippen molar-refractivity contribution in [3.8, 4) is 11.5 Å². The number of carbonyl (C=O) groups excluding carboxylic acids is 1. The monoisotopic (exact) mass is 470 g/mol. The average Bonchev–Trinajstić information content (AvgIpc) is 2.75. The fourth-order valence-corrected chi connectivity index (χ4v) is 3.12. The fraction of sp³-hybridized carbons (Fsp3) is 0.348. The molecular formula is C23H26ClF3N2O3. The summed E-state index contributed by atoms with van der Waals surface area (Å²) < 4.78 is 49.3. The largest absolute Gasteiger partial charge is 0.493 e. The molecule has 1 amide bonds. The minimum absolute atomic E-state index is 0.100. The molecule has 0 spiro atoms. The van der Waals surface area contributed by atoms with E-state index in [0.717, 1.165) is 31.8 Å². The van der Waals surface area contributed by atoms with Gasteiger partial charge in [-0.3, -0.25) is 4.79 Å². The quantitative estimate of drug-likeness (QED) is 0.450. The molecule has 174 valence electrons. The van der Waals surface area contributed by atoms with Gasteiger partial charge in [0.2, 0.25) is 5.91 Å². The lowest BCUT2D eigenvalue weighted by Crippen LogP contribution is -2.27. The molecule has 0 fully saturated rings. The number of carbonyl (C=O) groups is 1. The summed E-state index contributed by atoms with van der Waals surface area (Å²) in [5.41, 5.74) is -0.0777. The SMILES string of the molecule is CCN(CC)CCOc1ccc(NC(=O)/C=C/c2ccc(C(F)(F)F)cc2Cl)cc1OC. The molecule has 2 rings (SSSR count). The van der Waals surface area contributed by atoms with Crippen LogP contribution in [-0.4, -0.2) is 44.2 Å². The lowest BCUT2D eigenvalue weighted by atomic mass is 10.1. The van der Waals surface area contributed by atoms with E-state index in [-0.39, 0.29) is 5.02 Å². The standard InChI is InChI=1S/C23H26ClF3N2O3/c1-4-29(5-2)12-13-32-20-10-9-18(15-21(20)31-3)28-22(30)11-7-16-6-8-17(14-19(16)24)23(25,26)27/h6-11,14-15H,4-5,12-13H2,1-3H3,(H,28,30)/b11-7+. The number of nitrogens with one attached hydrogen (secondary N) is 1. The van der Waals surface area contributed by atoms with Crippen LogP contribution in [0.4, 0.5) is 18.9 Å². The van der Waals surface area contributed by atoms with Crippen LogP contribution in [0.25, 0.3) is 6.08 Å². The van der Waals surface area contributed by atoms with Crippen LogP contribution in [0.5, 0.6) is 11.5 Å². The smallest absolute Gasteiger partial charge is 0.416 e. The van der Waals surface area contributed by atoms with E-state index in [1.54, 1.807) is 18.2 Å². The van der Waals surface area contributed by atoms with E-state index in [4.69, 9.17) is 21.1 Å². The molecule has 32 heavy (non-hydrogen) atoms. The number of ether oxygens (including phenoxy) is 2. The van der Waals surface area contributed by atoms with Gasteiger partial charge in [-0.15, -0.1) is 0 Å². The minimum Gasteiger partial charge on any atom is -0.493 e. The van der Waals surface area contributed by atoms with Crippen molar-refractivity contribution in [2.24, 2.45) is 0 Å². The molecule has 0 aromatic heterocycles. The summed E-state index contributed by atoms with van der Waals surface area (Å²) in [5, 5.41) is 2.57. The van der Waals surface area contributed by atoms with Crippen LogP contribution in [-0.2, 0) is 11.0 Å². The molecule has 0 saturated carbocycles. The van der Waals surface area contributed by atoms with Gasteiger partial charge in [-0.2, -0.15) is 13.2 Å². The van der Waals surface area contributed by atoms with Crippen molar-refractivity contribution >= 4 is 29.3 Å². The molecule has 9 heteroatoms. The molecule has 1 N–H and O–H groups in total. The van der Waals surface area contributed by atoms with Crippen LogP contribution in [0.15, 0.2) is 42.5 Å². The van der Waals surface area contributed by atoms with E-state index in [9.17, 15) is 18.0 Å². The van der Waals surface area contributed by atoms with Crippen molar-refractivity contribution in [1.29, 1.82) is 0 Å². The summed E-state index contributed by atoms with van der Waals surface area (Å²) >= 11 is 5.90. The van der Waals surface area contributed by atoms with Crippen molar-refractivity contribution in [3.05, 3.63) is 58.6 Å². The van der Waals surface area contributed by atoms with E-state index in [2.05, 4.69) is 24.1 Å². The molecule has 5 nitrogen and oxygen atoms in total. The van der Waals surface area contributed by atoms with E-state index in [1.165, 1.54) is 25.3 Å². The van der Waals surface area contributed by atoms with Crippen LogP contribution in [0.1, 0.15) is 25.0 Å². The Balaban J connectivity index is 2.01. The number of hydrogen-bond donors (Lipinski definition) is 1. The van der Waals surface area contributed by atoms with Gasteiger partial charge in [0.25, 0.3) is 0 Å². The molecule has 0 bridgehead atoms. The Morgan fingerprint density at radius 3 is 2.44 bits per heavy atom. The van der Waals surface area contributed by atoms with E-state index in [1.807, 2.05) is 0 Å². The number of rotatable bonds is 10. The Kier molecular flexibility index (Phi) is 9.41. The van der Waals surface area contributed by atoms with E-state index in [0.29, 0.717) is 29.4 Å². The number of benzene rings is 2. The van der Waals surface area contributed by atoms with Crippen LogP contribution in [0.3, 0.4) is 0 Å². The number of hydrogen-bond acceptors (Lipinski definition) is 4. The second kappa shape index (κ2) is 11.8. The zero-order chi connectivity index (χ0) is 23.7. The van der Waals surface area contributed by atoms with E-state index < -0.39 is 17.6 Å². The van der Waals surface area contributed by atoms with Crippen molar-refractivity contribution < 1.29 is 27.4 Å². The predicted octanol–water partition coefficient (Wildman–Crippen LogP) is 5.74. The maximum absolute atomic E-state index is 12.7. The zero-order valence-corrected chi connectivity index (χ0v) is 18.9. The third kappa shape index (κ3) is 7.46. The molecule has 0 heterocycles. The first kappa shape index (κ1) is 25.5. The highest BCUT2D eigenvalue weighted by Gasteiger charge is 2.30. The van der Waals surface area contributed by atoms with Gasteiger partial charge in [0, 0.05) is 29.4 Å². The first-order valence-corrected chi connectivity index (χ1v) is 10.4. The topological polar surface area (TPSA) is 50.8 Å². The van der Waals surface area contributed by atoms with Crippen molar-refractivity contribution in [3.63, 3.8) is 0 Å². The lowest BCUT2D eigenvalue weighted by molar-refractivity contribution is -0.137. The highest BCUT2D eigenvalue weighted by atomic mass is 35.5. The van der Waals surface area contributed by atoms with Crippen molar-refractivity contribution in [1.82, 2.24) is 4.90 Å². The maximum atomic E-state index is 12.7. The number of halogens is 4. The van der Waals surface area contributed by atoms with Crippen LogP contribution in [0.2, 0.25) is 5.02 Å². The lowest BCUT2D eigenvalue weighted by Gasteiger charge is -2.19. The predicted molar refractivity (Wildman–Crippen MR) is 120 cm³/mol. The van der Waals surface area contributed by atoms with Gasteiger partial charge < -0.3 is 19.7 Å². The molecule has 0 aliphatic rings. The summed E-state index contributed by atoms with van der Waals surface area (Å²) in [6.45, 7) is 7.33. The van der Waals surface area contributed by atoms with Crippen LogP contribution < -0.4 is 14.8 Å². The molecule has 0 unspecified atom stereocenters. The highest BCUT2D eigenvalue weighted by molar-refractivity contribution is 6.32. The Bertz CT molecular complexity index is 945. The number of anilines is 1. The molecule has 0 atom stereocenters. The summed E-state index contributed by atoms with van der Waals surface area (Å²) in [7, 11) is 1.50. The Hall–Kier alpha value is -2.71. The van der Waals surface area contributed by atoms with Gasteiger partial charge in [0.15, 0.2) is 11.5 Å². The summed E-state index contributed by atoms with van der Waals surface area (Å²) in [6.07, 6.45) is -1.95. The number of alkyl halides is 3. The van der Waals surface area contributed by atoms with Crippen LogP contribution >= 0.6 is 11.6 Å². The van der Waals surface area contributed by atoms with Gasteiger partial charge in [-0.1, -0.05) is 31.5 Å². The van der Waals surface area contributed by atoms with E-state index >= 15 is 0 Å². The van der Waals surface area contributed by atoms with Gasteiger partial charge in [0.1, 0.15) is 6.61 Å². The zero-order valence-electron chi connectivity index (χ0n) is 18.1. The number of amides is 1. The second-order valence-electron chi connectivity index (χ2n) is 6.80. The Labute approximate surface area is 190 Å². The number of likely N-dealkylation sites (N-methyl/N-ethyl adjacent to an activating group) is 1. The first-order chi connectivity index (χ1) is 15.2. The van der Waals surface area contributed by atoms with Gasteiger partial charge in [-0.05, 0) is 49.0 Å². The molecule has 0 saturated heterocycles. The van der Waals surface area contributed by atoms with Crippen molar-refractivity contribution in [2.75, 3.05) is 38.7 Å².